The first-order valence-electron chi connectivity index (χ1n) is 7.70. The summed E-state index contributed by atoms with van der Waals surface area (Å²) >= 11 is 12.0. The van der Waals surface area contributed by atoms with Gasteiger partial charge in [0.2, 0.25) is 0 Å². The highest BCUT2D eigenvalue weighted by Gasteiger charge is 2.11. The van der Waals surface area contributed by atoms with Crippen molar-refractivity contribution in [2.45, 2.75) is 0 Å². The minimum atomic E-state index is -0.479. The van der Waals surface area contributed by atoms with E-state index in [9.17, 15) is 4.39 Å². The molecule has 0 radical (unpaired) electrons. The van der Waals surface area contributed by atoms with E-state index in [-0.39, 0.29) is 5.02 Å². The Labute approximate surface area is 158 Å². The Morgan fingerprint density at radius 1 is 0.962 bits per heavy atom. The van der Waals surface area contributed by atoms with Crippen LogP contribution in [0, 0.1) is 5.82 Å². The van der Waals surface area contributed by atoms with Crippen LogP contribution < -0.4 is 5.32 Å². The van der Waals surface area contributed by atoms with Gasteiger partial charge in [-0.15, -0.1) is 0 Å². The number of fused-ring (bicyclic) bond motifs is 1. The third kappa shape index (κ3) is 3.31. The molecule has 1 N–H and O–H groups in total. The maximum atomic E-state index is 13.4. The van der Waals surface area contributed by atoms with Gasteiger partial charge in [-0.25, -0.2) is 14.4 Å². The zero-order valence-corrected chi connectivity index (χ0v) is 14.8. The van der Waals surface area contributed by atoms with Gasteiger partial charge in [0, 0.05) is 34.1 Å². The number of nitrogens with zero attached hydrogens (tertiary/aromatic N) is 3. The lowest BCUT2D eigenvalue weighted by atomic mass is 10.2. The van der Waals surface area contributed by atoms with E-state index < -0.39 is 5.82 Å². The van der Waals surface area contributed by atoms with E-state index in [0.29, 0.717) is 27.9 Å². The van der Waals surface area contributed by atoms with Gasteiger partial charge in [-0.05, 0) is 48.5 Å². The van der Waals surface area contributed by atoms with E-state index in [1.807, 2.05) is 18.2 Å². The van der Waals surface area contributed by atoms with Gasteiger partial charge >= 0.3 is 0 Å². The molecule has 0 unspecified atom stereocenters. The molecule has 2 aromatic heterocycles. The third-order valence-corrected chi connectivity index (χ3v) is 4.29. The van der Waals surface area contributed by atoms with Gasteiger partial charge in [-0.3, -0.25) is 4.98 Å². The minimum absolute atomic E-state index is 0.0314. The second-order valence-corrected chi connectivity index (χ2v) is 6.40. The summed E-state index contributed by atoms with van der Waals surface area (Å²) in [5, 5.41) is 4.56. The summed E-state index contributed by atoms with van der Waals surface area (Å²) in [6, 6.07) is 13.4. The third-order valence-electron chi connectivity index (χ3n) is 3.76. The Morgan fingerprint density at radius 2 is 1.85 bits per heavy atom. The second kappa shape index (κ2) is 6.86. The summed E-state index contributed by atoms with van der Waals surface area (Å²) < 4.78 is 13.4. The van der Waals surface area contributed by atoms with Crippen molar-refractivity contribution in [1.29, 1.82) is 0 Å². The highest BCUT2D eigenvalue weighted by atomic mass is 35.5. The van der Waals surface area contributed by atoms with E-state index in [4.69, 9.17) is 23.2 Å². The molecule has 0 fully saturated rings. The van der Waals surface area contributed by atoms with Crippen LogP contribution in [0.5, 0.6) is 0 Å². The average Bonchev–Trinajstić information content (AvgIpc) is 2.65. The molecule has 2 aromatic carbocycles. The molecule has 0 aliphatic carbocycles. The zero-order chi connectivity index (χ0) is 18.1. The molecule has 0 bridgehead atoms. The quantitative estimate of drug-likeness (QED) is 0.478. The first kappa shape index (κ1) is 16.7. The van der Waals surface area contributed by atoms with E-state index in [2.05, 4.69) is 20.3 Å². The number of anilines is 2. The second-order valence-electron chi connectivity index (χ2n) is 5.55. The van der Waals surface area contributed by atoms with Crippen molar-refractivity contribution < 1.29 is 4.39 Å². The van der Waals surface area contributed by atoms with Crippen LogP contribution in [0.2, 0.25) is 10.0 Å². The van der Waals surface area contributed by atoms with Crippen molar-refractivity contribution in [3.8, 4) is 11.4 Å². The molecule has 0 amide bonds. The van der Waals surface area contributed by atoms with Crippen LogP contribution in [-0.4, -0.2) is 15.0 Å². The van der Waals surface area contributed by atoms with Gasteiger partial charge in [0.25, 0.3) is 0 Å². The first-order valence-corrected chi connectivity index (χ1v) is 8.45. The Bertz CT molecular complexity index is 1100. The zero-order valence-electron chi connectivity index (χ0n) is 13.2. The van der Waals surface area contributed by atoms with Crippen molar-refractivity contribution in [2.75, 3.05) is 5.32 Å². The van der Waals surface area contributed by atoms with Gasteiger partial charge < -0.3 is 5.32 Å². The summed E-state index contributed by atoms with van der Waals surface area (Å²) in [4.78, 5) is 13.3. The van der Waals surface area contributed by atoms with Crippen LogP contribution >= 0.6 is 23.2 Å². The van der Waals surface area contributed by atoms with Gasteiger partial charge in [0.05, 0.1) is 10.5 Å². The highest BCUT2D eigenvalue weighted by molar-refractivity contribution is 6.31. The molecule has 0 saturated carbocycles. The van der Waals surface area contributed by atoms with E-state index >= 15 is 0 Å². The van der Waals surface area contributed by atoms with Gasteiger partial charge in [0.1, 0.15) is 11.6 Å². The Hall–Kier alpha value is -2.76. The van der Waals surface area contributed by atoms with Crippen molar-refractivity contribution in [1.82, 2.24) is 15.0 Å². The molecular weight excluding hydrogens is 374 g/mol. The molecule has 0 saturated heterocycles. The summed E-state index contributed by atoms with van der Waals surface area (Å²) in [5.41, 5.74) is 2.07. The summed E-state index contributed by atoms with van der Waals surface area (Å²) in [5.74, 6) is 0.587. The Morgan fingerprint density at radius 3 is 2.62 bits per heavy atom. The number of nitrogens with one attached hydrogen (secondary N) is 1. The molecular formula is C19H11Cl2FN4. The fourth-order valence-corrected chi connectivity index (χ4v) is 2.88. The molecule has 0 aliphatic rings. The summed E-state index contributed by atoms with van der Waals surface area (Å²) in [6.45, 7) is 0. The smallest absolute Gasteiger partial charge is 0.163 e. The monoisotopic (exact) mass is 384 g/mol. The van der Waals surface area contributed by atoms with E-state index in [0.717, 1.165) is 10.9 Å². The molecule has 128 valence electrons. The van der Waals surface area contributed by atoms with Crippen LogP contribution in [0.15, 0.2) is 60.9 Å². The Kier molecular flexibility index (Phi) is 4.41. The van der Waals surface area contributed by atoms with Gasteiger partial charge in [-0.1, -0.05) is 23.2 Å². The molecule has 4 nitrogen and oxygen atoms in total. The normalized spacial score (nSPS) is 10.9. The highest BCUT2D eigenvalue weighted by Crippen LogP contribution is 2.30. The van der Waals surface area contributed by atoms with Crippen LogP contribution in [0.4, 0.5) is 15.9 Å². The summed E-state index contributed by atoms with van der Waals surface area (Å²) in [6.07, 6.45) is 3.37. The number of hydrogen-bond donors (Lipinski definition) is 1. The molecule has 7 heteroatoms. The van der Waals surface area contributed by atoms with Crippen molar-refractivity contribution in [3.05, 3.63) is 76.8 Å². The summed E-state index contributed by atoms with van der Waals surface area (Å²) in [7, 11) is 0. The van der Waals surface area contributed by atoms with Crippen LogP contribution in [0.25, 0.3) is 22.3 Å². The largest absolute Gasteiger partial charge is 0.340 e. The van der Waals surface area contributed by atoms with Crippen molar-refractivity contribution >= 4 is 45.6 Å². The number of pyridine rings is 1. The van der Waals surface area contributed by atoms with Crippen LogP contribution in [0.3, 0.4) is 0 Å². The predicted molar refractivity (Wildman–Crippen MR) is 102 cm³/mol. The van der Waals surface area contributed by atoms with E-state index in [1.165, 1.54) is 12.1 Å². The standard InChI is InChI=1S/C19H11Cl2FN4/c20-12-3-5-14-17(8-12)25-18(11-2-1-7-23-10-11)26-19(14)24-13-4-6-16(22)15(21)9-13/h1-10H,(H,24,25,26). The van der Waals surface area contributed by atoms with Crippen LogP contribution in [-0.2, 0) is 0 Å². The number of rotatable bonds is 3. The van der Waals surface area contributed by atoms with E-state index in [1.54, 1.807) is 30.6 Å². The lowest BCUT2D eigenvalue weighted by Crippen LogP contribution is -2.00. The van der Waals surface area contributed by atoms with Crippen LogP contribution in [0.1, 0.15) is 0 Å². The average molecular weight is 385 g/mol. The van der Waals surface area contributed by atoms with Crippen molar-refractivity contribution in [3.63, 3.8) is 0 Å². The fraction of sp³-hybridized carbons (Fsp3) is 0. The molecule has 4 aromatic rings. The van der Waals surface area contributed by atoms with Crippen molar-refractivity contribution in [2.24, 2.45) is 0 Å². The molecule has 4 rings (SSSR count). The number of aromatic nitrogens is 3. The predicted octanol–water partition coefficient (Wildman–Crippen LogP) is 5.88. The minimum Gasteiger partial charge on any atom is -0.340 e. The fourth-order valence-electron chi connectivity index (χ4n) is 2.53. The number of halogens is 3. The SMILES string of the molecule is Fc1ccc(Nc2nc(-c3cccnc3)nc3cc(Cl)ccc23)cc1Cl. The topological polar surface area (TPSA) is 50.7 Å². The maximum Gasteiger partial charge on any atom is 0.163 e. The first-order chi connectivity index (χ1) is 12.6. The molecule has 0 spiro atoms. The van der Waals surface area contributed by atoms with Gasteiger partial charge in [0.15, 0.2) is 5.82 Å². The molecule has 0 atom stereocenters. The van der Waals surface area contributed by atoms with Gasteiger partial charge in [-0.2, -0.15) is 0 Å². The molecule has 0 aliphatic heterocycles. The number of hydrogen-bond acceptors (Lipinski definition) is 4. The molecule has 2 heterocycles. The lowest BCUT2D eigenvalue weighted by Gasteiger charge is -2.11. The Balaban J connectivity index is 1.87. The number of benzene rings is 2. The molecule has 26 heavy (non-hydrogen) atoms. The lowest BCUT2D eigenvalue weighted by molar-refractivity contribution is 0.628. The maximum absolute atomic E-state index is 13.4.